The summed E-state index contributed by atoms with van der Waals surface area (Å²) in [5, 5.41) is 2.92. The van der Waals surface area contributed by atoms with E-state index in [4.69, 9.17) is 0 Å². The Kier molecular flexibility index (Phi) is 5.34. The van der Waals surface area contributed by atoms with Crippen molar-refractivity contribution in [2.45, 2.75) is 0 Å². The van der Waals surface area contributed by atoms with Crippen LogP contribution in [0.15, 0.2) is 60.7 Å². The molecule has 18 heavy (non-hydrogen) atoms. The zero-order valence-electron chi connectivity index (χ0n) is 10.2. The van der Waals surface area contributed by atoms with Crippen LogP contribution >= 0.6 is 11.7 Å². The summed E-state index contributed by atoms with van der Waals surface area (Å²) in [6.07, 6.45) is -0.194. The molecule has 0 aliphatic carbocycles. The second kappa shape index (κ2) is 6.58. The predicted molar refractivity (Wildman–Crippen MR) is 88.3 cm³/mol. The maximum absolute atomic E-state index is 3.48. The van der Waals surface area contributed by atoms with Crippen LogP contribution in [-0.2, 0) is 0 Å². The van der Waals surface area contributed by atoms with E-state index in [-0.39, 0.29) is 6.17 Å². The molecule has 2 rings (SSSR count). The molecule has 2 aromatic rings. The molecule has 0 bridgehead atoms. The van der Waals surface area contributed by atoms with E-state index in [1.54, 1.807) is 0 Å². The zero-order chi connectivity index (χ0) is 13.0. The van der Waals surface area contributed by atoms with Gasteiger partial charge in [-0.3, -0.25) is 0 Å². The Morgan fingerprint density at radius 3 is 2.00 bits per heavy atom. The molecule has 0 amide bonds. The van der Waals surface area contributed by atoms with Crippen molar-refractivity contribution < 1.29 is 0 Å². The molecule has 0 saturated carbocycles. The molecule has 2 aromatic carbocycles. The fraction of sp³-hybridized carbons (Fsp3) is 0.143. The van der Waals surface area contributed by atoms with Crippen molar-refractivity contribution >= 4 is 52.5 Å². The Morgan fingerprint density at radius 2 is 1.44 bits per heavy atom. The van der Waals surface area contributed by atoms with Gasteiger partial charge in [0.25, 0.3) is 0 Å². The van der Waals surface area contributed by atoms with E-state index < -0.39 is 5.51 Å². The van der Waals surface area contributed by atoms with E-state index in [0.29, 0.717) is 0 Å². The first kappa shape index (κ1) is 14.6. The van der Waals surface area contributed by atoms with Crippen molar-refractivity contribution in [1.82, 2.24) is 0 Å². The van der Waals surface area contributed by atoms with Gasteiger partial charge in [-0.2, -0.15) is 0 Å². The number of hydrogen-bond acceptors (Lipinski definition) is 0. The molecule has 2 atom stereocenters. The van der Waals surface area contributed by atoms with Gasteiger partial charge >= 0.3 is 126 Å². The first-order chi connectivity index (χ1) is 8.59. The van der Waals surface area contributed by atoms with Crippen LogP contribution in [0, 0.1) is 0 Å². The zero-order valence-corrected chi connectivity index (χ0v) is 15.4. The minimum atomic E-state index is -1.14. The summed E-state index contributed by atoms with van der Waals surface area (Å²) in [5.41, 5.74) is -1.14. The molecule has 92 valence electrons. The van der Waals surface area contributed by atoms with Crippen LogP contribution in [0.5, 0.6) is 0 Å². The quantitative estimate of drug-likeness (QED) is 0.544. The average molecular weight is 403 g/mol. The maximum atomic E-state index is 3.48. The molecule has 2 unspecified atom stereocenters. The van der Waals surface area contributed by atoms with Crippen molar-refractivity contribution in [1.29, 1.82) is 0 Å². The van der Waals surface area contributed by atoms with Crippen molar-refractivity contribution in [3.63, 3.8) is 0 Å². The standard InChI is InChI=1S/C14H15P2Se2/c1-16(18,14-10-6-3-7-11-14)12-15(17)13-8-4-2-5-9-13/h2-11H,12H2,1H3/q+1. The van der Waals surface area contributed by atoms with Crippen molar-refractivity contribution in [2.75, 3.05) is 12.6 Å². The van der Waals surface area contributed by atoms with Crippen LogP contribution in [0.1, 0.15) is 0 Å². The third-order valence-corrected chi connectivity index (χ3v) is 15.2. The summed E-state index contributed by atoms with van der Waals surface area (Å²) in [7, 11) is 0. The topological polar surface area (TPSA) is 0 Å². The molecule has 0 aliphatic rings. The van der Waals surface area contributed by atoms with E-state index >= 15 is 0 Å². The SMILES string of the molecule is CP(=[Se])(C[P+](=[Se])c1ccccc1)c1ccccc1. The van der Waals surface area contributed by atoms with Crippen LogP contribution in [0.4, 0.5) is 0 Å². The molecule has 4 heteroatoms. The number of hydrogen-bond donors (Lipinski definition) is 0. The van der Waals surface area contributed by atoms with Gasteiger partial charge in [-0.25, -0.2) is 0 Å². The van der Waals surface area contributed by atoms with Gasteiger partial charge in [0.05, 0.1) is 0 Å². The van der Waals surface area contributed by atoms with Crippen LogP contribution in [0.3, 0.4) is 0 Å². The summed E-state index contributed by atoms with van der Waals surface area (Å²) < 4.78 is 0. The van der Waals surface area contributed by atoms with Crippen LogP contribution in [0.2, 0.25) is 0 Å². The van der Waals surface area contributed by atoms with Crippen molar-refractivity contribution in [3.05, 3.63) is 60.7 Å². The first-order valence-corrected chi connectivity index (χ1v) is 14.1. The molecule has 0 spiro atoms. The van der Waals surface area contributed by atoms with Gasteiger partial charge in [-0.05, 0) is 0 Å². The predicted octanol–water partition coefficient (Wildman–Crippen LogP) is 2.89. The molecule has 0 saturated heterocycles. The third kappa shape index (κ3) is 3.85. The Hall–Kier alpha value is 0.209. The summed E-state index contributed by atoms with van der Waals surface area (Å²) >= 11 is 6.87. The fourth-order valence-corrected chi connectivity index (χ4v) is 17.7. The second-order valence-electron chi connectivity index (χ2n) is 4.29. The van der Waals surface area contributed by atoms with Gasteiger partial charge < -0.3 is 0 Å². The van der Waals surface area contributed by atoms with Crippen LogP contribution in [-0.4, -0.2) is 42.8 Å². The van der Waals surface area contributed by atoms with E-state index in [1.165, 1.54) is 16.5 Å². The molecule has 0 N–H and O–H groups in total. The summed E-state index contributed by atoms with van der Waals surface area (Å²) in [6.45, 7) is 2.39. The summed E-state index contributed by atoms with van der Waals surface area (Å²) in [5.74, 6) is 1.23. The average Bonchev–Trinajstić information content (AvgIpc) is 2.40. The van der Waals surface area contributed by atoms with E-state index in [2.05, 4.69) is 97.5 Å². The molecule has 0 nitrogen and oxygen atoms in total. The molecular formula is C14H15P2Se2+. The normalized spacial score (nSPS) is 14.8. The Balaban J connectivity index is 2.19. The Bertz CT molecular complexity index is 579. The number of rotatable bonds is 4. The molecular weight excluding hydrogens is 388 g/mol. The van der Waals surface area contributed by atoms with E-state index in [0.717, 1.165) is 0 Å². The van der Waals surface area contributed by atoms with Crippen LogP contribution in [0.25, 0.3) is 0 Å². The number of benzene rings is 2. The molecule has 0 aliphatic heterocycles. The Labute approximate surface area is 125 Å². The van der Waals surface area contributed by atoms with Crippen LogP contribution < -0.4 is 10.6 Å². The first-order valence-electron chi connectivity index (χ1n) is 5.71. The van der Waals surface area contributed by atoms with E-state index in [1.807, 2.05) is 0 Å². The van der Waals surface area contributed by atoms with Crippen molar-refractivity contribution in [3.8, 4) is 0 Å². The van der Waals surface area contributed by atoms with Gasteiger partial charge in [0.1, 0.15) is 0 Å². The van der Waals surface area contributed by atoms with E-state index in [9.17, 15) is 0 Å². The monoisotopic (exact) mass is 405 g/mol. The molecule has 0 fully saturated rings. The summed E-state index contributed by atoms with van der Waals surface area (Å²) in [4.78, 5) is 0. The molecule has 0 radical (unpaired) electrons. The van der Waals surface area contributed by atoms with Gasteiger partial charge in [-0.15, -0.1) is 0 Å². The van der Waals surface area contributed by atoms with Crippen molar-refractivity contribution in [2.24, 2.45) is 0 Å². The van der Waals surface area contributed by atoms with Gasteiger partial charge in [0.2, 0.25) is 0 Å². The second-order valence-corrected chi connectivity index (χ2v) is 17.3. The minimum absolute atomic E-state index is 0.194. The molecule has 0 aromatic heterocycles. The third-order valence-electron chi connectivity index (χ3n) is 2.74. The van der Waals surface area contributed by atoms with Gasteiger partial charge in [-0.1, -0.05) is 0 Å². The Morgan fingerprint density at radius 1 is 0.944 bits per heavy atom. The van der Waals surface area contributed by atoms with Gasteiger partial charge in [0.15, 0.2) is 0 Å². The fourth-order valence-electron chi connectivity index (χ4n) is 1.75. The summed E-state index contributed by atoms with van der Waals surface area (Å²) in [6, 6.07) is 21.6. The van der Waals surface area contributed by atoms with Gasteiger partial charge in [0, 0.05) is 0 Å². The molecule has 0 heterocycles.